The van der Waals surface area contributed by atoms with Gasteiger partial charge >= 0.3 is 0 Å². The summed E-state index contributed by atoms with van der Waals surface area (Å²) in [7, 11) is 0.862. The van der Waals surface area contributed by atoms with Crippen molar-refractivity contribution in [2.75, 3.05) is 30.4 Å². The Morgan fingerprint density at radius 3 is 2.41 bits per heavy atom. The van der Waals surface area contributed by atoms with E-state index < -0.39 is 9.84 Å². The molecule has 3 heterocycles. The minimum atomic E-state index is -2.96. The number of carbonyl (C=O) groups is 1. The molecule has 0 aliphatic carbocycles. The summed E-state index contributed by atoms with van der Waals surface area (Å²) in [4.78, 5) is 13.6. The molecule has 1 saturated heterocycles. The molecule has 160 valence electrons. The molecule has 2 aromatic heterocycles. The number of rotatable bonds is 6. The molecule has 2 N–H and O–H groups in total. The second-order valence-electron chi connectivity index (χ2n) is 8.18. The fraction of sp³-hybridized carbons (Fsp3) is 0.632. The van der Waals surface area contributed by atoms with Crippen molar-refractivity contribution in [1.82, 2.24) is 19.6 Å². The molecule has 1 unspecified atom stereocenters. The lowest BCUT2D eigenvalue weighted by Crippen LogP contribution is -3.08. The van der Waals surface area contributed by atoms with Gasteiger partial charge in [0.2, 0.25) is 0 Å². The van der Waals surface area contributed by atoms with Crippen molar-refractivity contribution < 1.29 is 18.1 Å². The van der Waals surface area contributed by atoms with Crippen molar-refractivity contribution >= 4 is 21.4 Å². The van der Waals surface area contributed by atoms with E-state index in [1.54, 1.807) is 4.68 Å². The first-order valence-corrected chi connectivity index (χ1v) is 11.7. The number of sulfone groups is 1. The summed E-state index contributed by atoms with van der Waals surface area (Å²) in [6.07, 6.45) is 0.610. The van der Waals surface area contributed by atoms with Crippen LogP contribution in [0.25, 0.3) is 0 Å². The number of amides is 1. The van der Waals surface area contributed by atoms with Gasteiger partial charge in [-0.2, -0.15) is 10.2 Å². The molecule has 0 radical (unpaired) electrons. The Morgan fingerprint density at radius 2 is 1.86 bits per heavy atom. The number of quaternary nitrogens is 1. The zero-order valence-corrected chi connectivity index (χ0v) is 18.9. The van der Waals surface area contributed by atoms with Crippen molar-refractivity contribution in [3.63, 3.8) is 0 Å². The van der Waals surface area contributed by atoms with Crippen LogP contribution < -0.4 is 10.2 Å². The number of nitrogens with zero attached hydrogens (tertiary/aromatic N) is 4. The van der Waals surface area contributed by atoms with Crippen molar-refractivity contribution in [3.8, 4) is 0 Å². The molecule has 10 heteroatoms. The summed E-state index contributed by atoms with van der Waals surface area (Å²) in [5.74, 6) is 0.318. The number of nitrogens with one attached hydrogen (secondary N) is 2. The largest absolute Gasteiger partial charge is 0.326 e. The Labute approximate surface area is 172 Å². The van der Waals surface area contributed by atoms with Gasteiger partial charge in [0, 0.05) is 12.7 Å². The Kier molecular flexibility index (Phi) is 5.86. The number of aryl methyl sites for hydroxylation is 3. The normalized spacial score (nSPS) is 19.4. The lowest BCUT2D eigenvalue weighted by Gasteiger charge is -2.15. The van der Waals surface area contributed by atoms with Crippen LogP contribution in [-0.4, -0.2) is 59.0 Å². The van der Waals surface area contributed by atoms with E-state index in [0.29, 0.717) is 19.5 Å². The molecule has 1 amide bonds. The highest BCUT2D eigenvalue weighted by Gasteiger charge is 2.32. The monoisotopic (exact) mass is 423 g/mol. The SMILES string of the molecule is Cc1nn([C@@H]2CCS(=O)(=O)C2)c(C)c1C[NH+](C)CC(=O)Nc1c(C)nn(C)c1C. The standard InChI is InChI=1S/C19H30N6O3S/c1-12-17(14(3)25(22-12)16-7-8-29(27,28)11-16)9-23(5)10-18(26)20-19-13(2)21-24(6)15(19)4/h16H,7-11H2,1-6H3,(H,20,26)/p+1/t16-/m1/s1. The van der Waals surface area contributed by atoms with E-state index in [1.165, 1.54) is 0 Å². The number of likely N-dealkylation sites (N-methyl/N-ethyl adjacent to an activating group) is 1. The molecule has 1 aliphatic rings. The van der Waals surface area contributed by atoms with Crippen LogP contribution in [0.3, 0.4) is 0 Å². The number of hydrogen-bond acceptors (Lipinski definition) is 5. The fourth-order valence-electron chi connectivity index (χ4n) is 4.05. The Morgan fingerprint density at radius 1 is 1.17 bits per heavy atom. The summed E-state index contributed by atoms with van der Waals surface area (Å²) < 4.78 is 27.3. The highest BCUT2D eigenvalue weighted by atomic mass is 32.2. The molecule has 2 aromatic rings. The van der Waals surface area contributed by atoms with Gasteiger partial charge < -0.3 is 10.2 Å². The smallest absolute Gasteiger partial charge is 0.279 e. The van der Waals surface area contributed by atoms with Crippen LogP contribution in [0.2, 0.25) is 0 Å². The van der Waals surface area contributed by atoms with E-state index in [0.717, 1.165) is 38.9 Å². The molecular formula is C19H31N6O3S+. The van der Waals surface area contributed by atoms with Crippen LogP contribution in [-0.2, 0) is 28.2 Å². The average Bonchev–Trinajstić information content (AvgIpc) is 3.19. The molecule has 1 aliphatic heterocycles. The predicted molar refractivity (Wildman–Crippen MR) is 111 cm³/mol. The van der Waals surface area contributed by atoms with E-state index in [4.69, 9.17) is 0 Å². The summed E-state index contributed by atoms with van der Waals surface area (Å²) in [6.45, 7) is 8.69. The van der Waals surface area contributed by atoms with Crippen molar-refractivity contribution in [1.29, 1.82) is 0 Å². The van der Waals surface area contributed by atoms with E-state index in [2.05, 4.69) is 15.5 Å². The van der Waals surface area contributed by atoms with Crippen LogP contribution in [0, 0.1) is 27.7 Å². The minimum absolute atomic E-state index is 0.0636. The van der Waals surface area contributed by atoms with Crippen LogP contribution in [0.1, 0.15) is 40.8 Å². The number of aromatic nitrogens is 4. The first kappa shape index (κ1) is 21.5. The summed E-state index contributed by atoms with van der Waals surface area (Å²) >= 11 is 0. The lowest BCUT2D eigenvalue weighted by atomic mass is 10.1. The molecule has 3 rings (SSSR count). The quantitative estimate of drug-likeness (QED) is 0.673. The number of anilines is 1. The van der Waals surface area contributed by atoms with Crippen LogP contribution in [0.4, 0.5) is 5.69 Å². The zero-order valence-electron chi connectivity index (χ0n) is 18.0. The van der Waals surface area contributed by atoms with E-state index in [9.17, 15) is 13.2 Å². The van der Waals surface area contributed by atoms with E-state index >= 15 is 0 Å². The highest BCUT2D eigenvalue weighted by Crippen LogP contribution is 2.26. The molecule has 0 bridgehead atoms. The Balaban J connectivity index is 1.66. The predicted octanol–water partition coefficient (Wildman–Crippen LogP) is -0.137. The van der Waals surface area contributed by atoms with E-state index in [1.807, 2.05) is 46.5 Å². The first-order chi connectivity index (χ1) is 13.5. The average molecular weight is 424 g/mol. The number of carbonyl (C=O) groups excluding carboxylic acids is 1. The van der Waals surface area contributed by atoms with Gasteiger partial charge in [-0.3, -0.25) is 14.2 Å². The second kappa shape index (κ2) is 7.91. The van der Waals surface area contributed by atoms with Crippen LogP contribution in [0.5, 0.6) is 0 Å². The number of hydrogen-bond donors (Lipinski definition) is 2. The van der Waals surface area contributed by atoms with Crippen molar-refractivity contribution in [2.24, 2.45) is 7.05 Å². The fourth-order valence-corrected chi connectivity index (χ4v) is 5.75. The first-order valence-electron chi connectivity index (χ1n) is 9.85. The minimum Gasteiger partial charge on any atom is -0.326 e. The maximum absolute atomic E-state index is 12.5. The van der Waals surface area contributed by atoms with Gasteiger partial charge in [-0.15, -0.1) is 0 Å². The molecule has 1 fully saturated rings. The molecule has 0 saturated carbocycles. The molecule has 0 aromatic carbocycles. The third kappa shape index (κ3) is 4.53. The van der Waals surface area contributed by atoms with Gasteiger partial charge in [-0.05, 0) is 34.1 Å². The lowest BCUT2D eigenvalue weighted by molar-refractivity contribution is -0.885. The highest BCUT2D eigenvalue weighted by molar-refractivity contribution is 7.91. The van der Waals surface area contributed by atoms with Gasteiger partial charge in [0.15, 0.2) is 16.4 Å². The third-order valence-corrected chi connectivity index (χ3v) is 7.49. The van der Waals surface area contributed by atoms with Gasteiger partial charge in [0.05, 0.1) is 52.9 Å². The van der Waals surface area contributed by atoms with Gasteiger partial charge in [-0.1, -0.05) is 0 Å². The summed E-state index contributed by atoms with van der Waals surface area (Å²) in [6, 6.07) is -0.0902. The van der Waals surface area contributed by atoms with E-state index in [-0.39, 0.29) is 23.5 Å². The van der Waals surface area contributed by atoms with Gasteiger partial charge in [0.1, 0.15) is 6.54 Å². The second-order valence-corrected chi connectivity index (χ2v) is 10.4. The molecule has 29 heavy (non-hydrogen) atoms. The van der Waals surface area contributed by atoms with Gasteiger partial charge in [0.25, 0.3) is 5.91 Å². The van der Waals surface area contributed by atoms with Crippen LogP contribution in [0.15, 0.2) is 0 Å². The van der Waals surface area contributed by atoms with Crippen LogP contribution >= 0.6 is 0 Å². The van der Waals surface area contributed by atoms with Crippen molar-refractivity contribution in [3.05, 3.63) is 28.3 Å². The van der Waals surface area contributed by atoms with Gasteiger partial charge in [-0.25, -0.2) is 8.42 Å². The topological polar surface area (TPSA) is 103 Å². The Hall–Kier alpha value is -2.20. The maximum Gasteiger partial charge on any atom is 0.279 e. The van der Waals surface area contributed by atoms with Crippen molar-refractivity contribution in [2.45, 2.75) is 46.7 Å². The molecular weight excluding hydrogens is 392 g/mol. The molecule has 9 nitrogen and oxygen atoms in total. The summed E-state index contributed by atoms with van der Waals surface area (Å²) in [5, 5.41) is 11.9. The zero-order chi connectivity index (χ0) is 21.5. The molecule has 0 spiro atoms. The summed E-state index contributed by atoms with van der Waals surface area (Å²) in [5.41, 5.74) is 5.46. The molecule has 2 atom stereocenters. The third-order valence-electron chi connectivity index (χ3n) is 5.74. The maximum atomic E-state index is 12.5. The Bertz CT molecular complexity index is 1040.